The van der Waals surface area contributed by atoms with Gasteiger partial charge < -0.3 is 10.4 Å². The molecule has 0 aliphatic heterocycles. The third-order valence-electron chi connectivity index (χ3n) is 3.07. The van der Waals surface area contributed by atoms with Gasteiger partial charge in [-0.3, -0.25) is 4.79 Å². The first-order valence-corrected chi connectivity index (χ1v) is 5.99. The van der Waals surface area contributed by atoms with Gasteiger partial charge in [-0.2, -0.15) is 0 Å². The smallest absolute Gasteiger partial charge is 0.333 e. The molecule has 4 heteroatoms. The standard InChI is InChI=1S/C15H15NO3/c1-11(17)16-15(14(18)19)9-5-8-13(10-15)12-6-3-2-4-7-12/h2-9H,10H2,1H3,(H,16,17)(H,18,19). The Bertz CT molecular complexity index is 560. The lowest BCUT2D eigenvalue weighted by atomic mass is 9.83. The number of hydrogen-bond acceptors (Lipinski definition) is 2. The average molecular weight is 257 g/mol. The van der Waals surface area contributed by atoms with Gasteiger partial charge in [0, 0.05) is 13.3 Å². The fourth-order valence-corrected chi connectivity index (χ4v) is 2.20. The van der Waals surface area contributed by atoms with Crippen molar-refractivity contribution in [3.05, 3.63) is 54.1 Å². The van der Waals surface area contributed by atoms with Crippen LogP contribution in [0.2, 0.25) is 0 Å². The van der Waals surface area contributed by atoms with Crippen LogP contribution in [0.25, 0.3) is 5.57 Å². The van der Waals surface area contributed by atoms with Crippen molar-refractivity contribution in [3.63, 3.8) is 0 Å². The van der Waals surface area contributed by atoms with Gasteiger partial charge in [-0.15, -0.1) is 0 Å². The van der Waals surface area contributed by atoms with E-state index in [9.17, 15) is 14.7 Å². The number of nitrogens with one attached hydrogen (secondary N) is 1. The van der Waals surface area contributed by atoms with Crippen LogP contribution >= 0.6 is 0 Å². The van der Waals surface area contributed by atoms with Crippen molar-refractivity contribution in [3.8, 4) is 0 Å². The third-order valence-corrected chi connectivity index (χ3v) is 3.07. The van der Waals surface area contributed by atoms with Crippen molar-refractivity contribution >= 4 is 17.4 Å². The third kappa shape index (κ3) is 2.73. The fraction of sp³-hybridized carbons (Fsp3) is 0.200. The molecule has 98 valence electrons. The maximum atomic E-state index is 11.5. The quantitative estimate of drug-likeness (QED) is 0.870. The maximum Gasteiger partial charge on any atom is 0.333 e. The highest BCUT2D eigenvalue weighted by Gasteiger charge is 2.39. The summed E-state index contributed by atoms with van der Waals surface area (Å²) in [5, 5.41) is 11.9. The zero-order valence-corrected chi connectivity index (χ0v) is 10.6. The van der Waals surface area contributed by atoms with Gasteiger partial charge in [0.25, 0.3) is 0 Å². The number of carbonyl (C=O) groups is 2. The van der Waals surface area contributed by atoms with E-state index in [0.717, 1.165) is 11.1 Å². The first-order valence-electron chi connectivity index (χ1n) is 5.99. The van der Waals surface area contributed by atoms with Crippen molar-refractivity contribution < 1.29 is 14.7 Å². The van der Waals surface area contributed by atoms with Crippen LogP contribution in [0, 0.1) is 0 Å². The maximum absolute atomic E-state index is 11.5. The molecule has 1 atom stereocenters. The summed E-state index contributed by atoms with van der Waals surface area (Å²) in [6.07, 6.45) is 5.31. The van der Waals surface area contributed by atoms with Crippen molar-refractivity contribution in [2.75, 3.05) is 0 Å². The second kappa shape index (κ2) is 5.10. The van der Waals surface area contributed by atoms with Crippen LogP contribution in [0.15, 0.2) is 48.6 Å². The minimum Gasteiger partial charge on any atom is -0.479 e. The highest BCUT2D eigenvalue weighted by molar-refractivity contribution is 5.91. The summed E-state index contributed by atoms with van der Waals surface area (Å²) < 4.78 is 0. The largest absolute Gasteiger partial charge is 0.479 e. The molecule has 2 rings (SSSR count). The molecule has 1 unspecified atom stereocenters. The summed E-state index contributed by atoms with van der Waals surface area (Å²) in [6.45, 7) is 1.32. The van der Waals surface area contributed by atoms with Crippen molar-refractivity contribution in [2.24, 2.45) is 0 Å². The van der Waals surface area contributed by atoms with Gasteiger partial charge in [-0.1, -0.05) is 42.5 Å². The minimum atomic E-state index is -1.36. The SMILES string of the molecule is CC(=O)NC1(C(=O)O)C=CC=C(c2ccccc2)C1. The predicted octanol–water partition coefficient (Wildman–Crippen LogP) is 1.99. The van der Waals surface area contributed by atoms with Gasteiger partial charge in [-0.25, -0.2) is 4.79 Å². The van der Waals surface area contributed by atoms with E-state index in [1.165, 1.54) is 13.0 Å². The molecule has 1 amide bonds. The molecule has 4 nitrogen and oxygen atoms in total. The number of rotatable bonds is 3. The van der Waals surface area contributed by atoms with Crippen molar-refractivity contribution in [1.29, 1.82) is 0 Å². The molecule has 0 saturated heterocycles. The molecule has 0 aromatic heterocycles. The van der Waals surface area contributed by atoms with Crippen LogP contribution in [-0.4, -0.2) is 22.5 Å². The van der Waals surface area contributed by atoms with E-state index < -0.39 is 11.5 Å². The predicted molar refractivity (Wildman–Crippen MR) is 72.4 cm³/mol. The second-order valence-corrected chi connectivity index (χ2v) is 4.55. The summed E-state index contributed by atoms with van der Waals surface area (Å²) in [5.41, 5.74) is 0.494. The number of allylic oxidation sites excluding steroid dienone is 2. The minimum absolute atomic E-state index is 0.239. The Morgan fingerprint density at radius 1 is 1.26 bits per heavy atom. The Labute approximate surface area is 111 Å². The first kappa shape index (κ1) is 13.1. The van der Waals surface area contributed by atoms with Crippen LogP contribution in [0.4, 0.5) is 0 Å². The number of benzene rings is 1. The molecule has 0 heterocycles. The lowest BCUT2D eigenvalue weighted by molar-refractivity contribution is -0.144. The Morgan fingerprint density at radius 3 is 2.53 bits per heavy atom. The van der Waals surface area contributed by atoms with Gasteiger partial charge in [0.1, 0.15) is 0 Å². The molecule has 1 aromatic rings. The topological polar surface area (TPSA) is 66.4 Å². The molecule has 0 saturated carbocycles. The van der Waals surface area contributed by atoms with E-state index in [2.05, 4.69) is 5.32 Å². The molecular weight excluding hydrogens is 242 g/mol. The highest BCUT2D eigenvalue weighted by Crippen LogP contribution is 2.30. The molecule has 19 heavy (non-hydrogen) atoms. The summed E-state index contributed by atoms with van der Waals surface area (Å²) in [5.74, 6) is -1.41. The Hall–Kier alpha value is -2.36. The zero-order valence-electron chi connectivity index (χ0n) is 10.6. The molecular formula is C15H15NO3. The van der Waals surface area contributed by atoms with E-state index in [-0.39, 0.29) is 12.3 Å². The molecule has 0 radical (unpaired) electrons. The number of amides is 1. The second-order valence-electron chi connectivity index (χ2n) is 4.55. The zero-order chi connectivity index (χ0) is 13.9. The Kier molecular flexibility index (Phi) is 3.51. The number of carboxylic acid groups (broad SMARTS) is 1. The monoisotopic (exact) mass is 257 g/mol. The first-order chi connectivity index (χ1) is 9.03. The molecule has 0 fully saturated rings. The van der Waals surface area contributed by atoms with Gasteiger partial charge in [0.15, 0.2) is 5.54 Å². The van der Waals surface area contributed by atoms with Crippen molar-refractivity contribution in [1.82, 2.24) is 5.32 Å². The fourth-order valence-electron chi connectivity index (χ4n) is 2.20. The molecule has 1 aromatic carbocycles. The van der Waals surface area contributed by atoms with Crippen LogP contribution in [-0.2, 0) is 9.59 Å². The van der Waals surface area contributed by atoms with Crippen LogP contribution in [0.5, 0.6) is 0 Å². The van der Waals surface area contributed by atoms with Gasteiger partial charge >= 0.3 is 5.97 Å². The highest BCUT2D eigenvalue weighted by atomic mass is 16.4. The lowest BCUT2D eigenvalue weighted by Gasteiger charge is -2.30. The number of carboxylic acids is 1. The van der Waals surface area contributed by atoms with E-state index in [4.69, 9.17) is 0 Å². The summed E-state index contributed by atoms with van der Waals surface area (Å²) in [7, 11) is 0. The number of aliphatic carboxylic acids is 1. The van der Waals surface area contributed by atoms with Crippen LogP contribution in [0.3, 0.4) is 0 Å². The Morgan fingerprint density at radius 2 is 1.95 bits per heavy atom. The van der Waals surface area contributed by atoms with Crippen molar-refractivity contribution in [2.45, 2.75) is 18.9 Å². The number of hydrogen-bond donors (Lipinski definition) is 2. The summed E-state index contributed by atoms with van der Waals surface area (Å²) in [4.78, 5) is 22.7. The number of carbonyl (C=O) groups excluding carboxylic acids is 1. The van der Waals surface area contributed by atoms with Crippen LogP contribution in [0.1, 0.15) is 18.9 Å². The average Bonchev–Trinajstić information content (AvgIpc) is 2.39. The molecule has 2 N–H and O–H groups in total. The van der Waals surface area contributed by atoms with E-state index in [0.29, 0.717) is 0 Å². The van der Waals surface area contributed by atoms with E-state index in [1.54, 1.807) is 6.08 Å². The molecule has 0 spiro atoms. The van der Waals surface area contributed by atoms with Gasteiger partial charge in [0.05, 0.1) is 0 Å². The van der Waals surface area contributed by atoms with E-state index in [1.807, 2.05) is 36.4 Å². The molecule has 0 bridgehead atoms. The van der Waals surface area contributed by atoms with E-state index >= 15 is 0 Å². The lowest BCUT2D eigenvalue weighted by Crippen LogP contribution is -2.53. The molecule has 1 aliphatic carbocycles. The van der Waals surface area contributed by atoms with Crippen LogP contribution < -0.4 is 5.32 Å². The molecule has 1 aliphatic rings. The normalized spacial score (nSPS) is 21.6. The summed E-state index contributed by atoms with van der Waals surface area (Å²) >= 11 is 0. The Balaban J connectivity index is 2.33. The van der Waals surface area contributed by atoms with Gasteiger partial charge in [0.2, 0.25) is 5.91 Å². The summed E-state index contributed by atoms with van der Waals surface area (Å²) in [6, 6.07) is 9.54. The van der Waals surface area contributed by atoms with Gasteiger partial charge in [-0.05, 0) is 17.2 Å².